The summed E-state index contributed by atoms with van der Waals surface area (Å²) in [6, 6.07) is 6.05. The zero-order valence-electron chi connectivity index (χ0n) is 11.7. The van der Waals surface area contributed by atoms with E-state index in [1.807, 2.05) is 23.1 Å². The van der Waals surface area contributed by atoms with Crippen LogP contribution in [0.25, 0.3) is 0 Å². The quantitative estimate of drug-likeness (QED) is 0.828. The molecule has 0 aromatic heterocycles. The Kier molecular flexibility index (Phi) is 6.05. The molecule has 3 nitrogen and oxygen atoms in total. The highest BCUT2D eigenvalue weighted by Crippen LogP contribution is 2.22. The maximum atomic E-state index is 12.8. The molecule has 1 unspecified atom stereocenters. The molecule has 1 amide bonds. The fourth-order valence-electron chi connectivity index (χ4n) is 2.63. The van der Waals surface area contributed by atoms with Crippen molar-refractivity contribution in [3.05, 3.63) is 32.7 Å². The number of carbonyl (C=O) groups is 1. The second-order valence-electron chi connectivity index (χ2n) is 5.16. The molecule has 1 aromatic carbocycles. The van der Waals surface area contributed by atoms with E-state index < -0.39 is 0 Å². The van der Waals surface area contributed by atoms with Crippen LogP contribution >= 0.6 is 31.9 Å². The predicted octanol–water partition coefficient (Wildman–Crippen LogP) is 3.82. The molecular weight excluding hydrogens is 384 g/mol. The molecule has 20 heavy (non-hydrogen) atoms. The van der Waals surface area contributed by atoms with E-state index in [4.69, 9.17) is 0 Å². The van der Waals surface area contributed by atoms with E-state index in [-0.39, 0.29) is 5.91 Å². The van der Waals surface area contributed by atoms with Crippen LogP contribution in [-0.2, 0) is 0 Å². The molecule has 0 spiro atoms. The normalized spacial score (nSPS) is 18.9. The lowest BCUT2D eigenvalue weighted by molar-refractivity contribution is 0.0649. The summed E-state index contributed by atoms with van der Waals surface area (Å²) in [4.78, 5) is 14.8. The van der Waals surface area contributed by atoms with E-state index in [1.54, 1.807) is 0 Å². The fraction of sp³-hybridized carbons (Fsp3) is 0.533. The zero-order valence-corrected chi connectivity index (χ0v) is 14.8. The van der Waals surface area contributed by atoms with Crippen LogP contribution in [0.2, 0.25) is 0 Å². The van der Waals surface area contributed by atoms with Crippen LogP contribution in [0.1, 0.15) is 36.5 Å². The van der Waals surface area contributed by atoms with Crippen LogP contribution in [0.3, 0.4) is 0 Å². The first kappa shape index (κ1) is 16.0. The first-order chi connectivity index (χ1) is 9.61. The monoisotopic (exact) mass is 402 g/mol. The van der Waals surface area contributed by atoms with Crippen molar-refractivity contribution in [1.82, 2.24) is 10.2 Å². The van der Waals surface area contributed by atoms with Gasteiger partial charge in [0.25, 0.3) is 5.91 Å². The molecule has 1 aliphatic rings. The molecule has 1 aromatic rings. The number of amides is 1. The molecule has 1 saturated heterocycles. The molecule has 110 valence electrons. The van der Waals surface area contributed by atoms with Crippen molar-refractivity contribution in [2.45, 2.75) is 32.2 Å². The molecule has 2 rings (SSSR count). The molecule has 0 saturated carbocycles. The summed E-state index contributed by atoms with van der Waals surface area (Å²) in [6.45, 7) is 4.90. The minimum atomic E-state index is 0.127. The lowest BCUT2D eigenvalue weighted by Gasteiger charge is -2.34. The van der Waals surface area contributed by atoms with E-state index >= 15 is 0 Å². The maximum absolute atomic E-state index is 12.8. The van der Waals surface area contributed by atoms with Gasteiger partial charge in [-0.3, -0.25) is 4.79 Å². The third-order valence-electron chi connectivity index (χ3n) is 3.55. The van der Waals surface area contributed by atoms with Gasteiger partial charge in [-0.15, -0.1) is 0 Å². The molecule has 0 bridgehead atoms. The Hall–Kier alpha value is -0.390. The number of nitrogens with one attached hydrogen (secondary N) is 1. The number of nitrogens with zero attached hydrogens (tertiary/aromatic N) is 1. The van der Waals surface area contributed by atoms with Gasteiger partial charge < -0.3 is 10.2 Å². The van der Waals surface area contributed by atoms with Crippen molar-refractivity contribution >= 4 is 37.8 Å². The van der Waals surface area contributed by atoms with E-state index in [0.29, 0.717) is 6.04 Å². The highest BCUT2D eigenvalue weighted by molar-refractivity contribution is 9.11. The third-order valence-corrected chi connectivity index (χ3v) is 4.46. The highest BCUT2D eigenvalue weighted by atomic mass is 79.9. The van der Waals surface area contributed by atoms with Crippen molar-refractivity contribution in [2.75, 3.05) is 19.6 Å². The van der Waals surface area contributed by atoms with Gasteiger partial charge in [-0.05, 0) is 44.0 Å². The average molecular weight is 404 g/mol. The molecular formula is C15H20Br2N2O. The van der Waals surface area contributed by atoms with Crippen molar-refractivity contribution in [2.24, 2.45) is 0 Å². The lowest BCUT2D eigenvalue weighted by atomic mass is 10.0. The average Bonchev–Trinajstić information content (AvgIpc) is 2.44. The molecule has 1 heterocycles. The summed E-state index contributed by atoms with van der Waals surface area (Å²) >= 11 is 6.90. The van der Waals surface area contributed by atoms with E-state index in [2.05, 4.69) is 44.1 Å². The van der Waals surface area contributed by atoms with Crippen LogP contribution in [0.5, 0.6) is 0 Å². The number of piperidine rings is 1. The predicted molar refractivity (Wildman–Crippen MR) is 89.1 cm³/mol. The number of hydrogen-bond donors (Lipinski definition) is 1. The Morgan fingerprint density at radius 3 is 2.60 bits per heavy atom. The summed E-state index contributed by atoms with van der Waals surface area (Å²) in [7, 11) is 0. The van der Waals surface area contributed by atoms with Crippen molar-refractivity contribution in [3.8, 4) is 0 Å². The number of carbonyl (C=O) groups excluding carboxylic acids is 1. The highest BCUT2D eigenvalue weighted by Gasteiger charge is 2.25. The summed E-state index contributed by atoms with van der Waals surface area (Å²) in [5, 5.41) is 3.39. The van der Waals surface area contributed by atoms with Crippen molar-refractivity contribution < 1.29 is 4.79 Å². The molecule has 1 atom stereocenters. The molecule has 1 fully saturated rings. The first-order valence-corrected chi connectivity index (χ1v) is 8.68. The van der Waals surface area contributed by atoms with E-state index in [0.717, 1.165) is 53.4 Å². The Labute approximate surface area is 137 Å². The second-order valence-corrected chi connectivity index (χ2v) is 6.99. The Bertz CT molecular complexity index is 453. The Morgan fingerprint density at radius 1 is 1.35 bits per heavy atom. The number of hydrogen-bond acceptors (Lipinski definition) is 2. The van der Waals surface area contributed by atoms with Gasteiger partial charge in [0.1, 0.15) is 0 Å². The number of rotatable bonds is 4. The fourth-order valence-corrected chi connectivity index (χ4v) is 3.93. The largest absolute Gasteiger partial charge is 0.334 e. The minimum absolute atomic E-state index is 0.127. The summed E-state index contributed by atoms with van der Waals surface area (Å²) in [5.41, 5.74) is 0.741. The van der Waals surface area contributed by atoms with Gasteiger partial charge in [0.15, 0.2) is 0 Å². The standard InChI is InChI=1S/C15H20Br2N2O/c1-2-6-19(14-4-3-5-18-10-14)15(20)11-7-12(16)9-13(17)8-11/h7-9,14,18H,2-6,10H2,1H3. The summed E-state index contributed by atoms with van der Waals surface area (Å²) < 4.78 is 1.85. The zero-order chi connectivity index (χ0) is 14.5. The molecule has 1 aliphatic heterocycles. The topological polar surface area (TPSA) is 32.3 Å². The molecule has 5 heteroatoms. The summed E-state index contributed by atoms with van der Waals surface area (Å²) in [6.07, 6.45) is 3.21. The van der Waals surface area contributed by atoms with E-state index in [9.17, 15) is 4.79 Å². The van der Waals surface area contributed by atoms with Crippen LogP contribution in [-0.4, -0.2) is 36.5 Å². The van der Waals surface area contributed by atoms with Gasteiger partial charge in [0, 0.05) is 33.6 Å². The first-order valence-electron chi connectivity index (χ1n) is 7.09. The van der Waals surface area contributed by atoms with Gasteiger partial charge in [-0.25, -0.2) is 0 Å². The van der Waals surface area contributed by atoms with E-state index in [1.165, 1.54) is 0 Å². The smallest absolute Gasteiger partial charge is 0.254 e. The Balaban J connectivity index is 2.20. The number of benzene rings is 1. The van der Waals surface area contributed by atoms with Crippen LogP contribution < -0.4 is 5.32 Å². The minimum Gasteiger partial charge on any atom is -0.334 e. The van der Waals surface area contributed by atoms with Gasteiger partial charge >= 0.3 is 0 Å². The van der Waals surface area contributed by atoms with Gasteiger partial charge in [0.05, 0.1) is 0 Å². The number of halogens is 2. The van der Waals surface area contributed by atoms with Crippen LogP contribution in [0.4, 0.5) is 0 Å². The van der Waals surface area contributed by atoms with Crippen LogP contribution in [0, 0.1) is 0 Å². The molecule has 0 radical (unpaired) electrons. The second kappa shape index (κ2) is 7.57. The van der Waals surface area contributed by atoms with Gasteiger partial charge in [0.2, 0.25) is 0 Å². The molecule has 0 aliphatic carbocycles. The van der Waals surface area contributed by atoms with Gasteiger partial charge in [-0.1, -0.05) is 38.8 Å². The third kappa shape index (κ3) is 4.06. The van der Waals surface area contributed by atoms with Crippen molar-refractivity contribution in [1.29, 1.82) is 0 Å². The van der Waals surface area contributed by atoms with Gasteiger partial charge in [-0.2, -0.15) is 0 Å². The lowest BCUT2D eigenvalue weighted by Crippen LogP contribution is -2.49. The SMILES string of the molecule is CCCN(C(=O)c1cc(Br)cc(Br)c1)C1CCCNC1. The maximum Gasteiger partial charge on any atom is 0.254 e. The Morgan fingerprint density at radius 2 is 2.05 bits per heavy atom. The summed E-state index contributed by atoms with van der Waals surface area (Å²) in [5.74, 6) is 0.127. The van der Waals surface area contributed by atoms with Crippen LogP contribution in [0.15, 0.2) is 27.1 Å². The molecule has 1 N–H and O–H groups in total. The van der Waals surface area contributed by atoms with Crippen molar-refractivity contribution in [3.63, 3.8) is 0 Å².